The van der Waals surface area contributed by atoms with Crippen LogP contribution in [0.4, 0.5) is 11.4 Å². The quantitative estimate of drug-likeness (QED) is 0.375. The lowest BCUT2D eigenvalue weighted by Crippen LogP contribution is -2.60. The molecule has 1 aliphatic rings. The van der Waals surface area contributed by atoms with Gasteiger partial charge >= 0.3 is 0 Å². The summed E-state index contributed by atoms with van der Waals surface area (Å²) >= 11 is 6.59. The van der Waals surface area contributed by atoms with E-state index in [4.69, 9.17) is 15.6 Å². The van der Waals surface area contributed by atoms with E-state index in [1.165, 1.54) is 0 Å². The van der Waals surface area contributed by atoms with Gasteiger partial charge in [-0.25, -0.2) is 0 Å². The Morgan fingerprint density at radius 3 is 2.19 bits per heavy atom. The van der Waals surface area contributed by atoms with E-state index in [1.807, 2.05) is 0 Å². The summed E-state index contributed by atoms with van der Waals surface area (Å²) in [6.07, 6.45) is -6.09. The van der Waals surface area contributed by atoms with Crippen LogP contribution in [0.1, 0.15) is 0 Å². The number of anilines is 2. The molecule has 0 spiro atoms. The van der Waals surface area contributed by atoms with Crippen molar-refractivity contribution in [3.05, 3.63) is 21.1 Å². The zero-order chi connectivity index (χ0) is 15.7. The summed E-state index contributed by atoms with van der Waals surface area (Å²) in [5.41, 5.74) is 6.89. The number of nitrogens with two attached hydrogens (primary N) is 1. The van der Waals surface area contributed by atoms with Gasteiger partial charge in [-0.1, -0.05) is 0 Å². The molecule has 1 aromatic carbocycles. The standard InChI is InChI=1S/C12H16Br2N2O5/c13-5-1-4(2-6(14)8(5)15)16-12-11(20)10(19)9(18)7(3-17)21-12/h1-2,7,9-12,16-20H,3,15H2/t7-,9+,10+,11+,12-/m1/s1. The number of benzene rings is 1. The SMILES string of the molecule is Nc1c(Br)cc(N[C@@H]2O[C@H](CO)[C@H](O)[C@H](O)[C@@H]2O)cc1Br. The molecule has 5 atom stereocenters. The zero-order valence-corrected chi connectivity index (χ0v) is 14.0. The van der Waals surface area contributed by atoms with E-state index >= 15 is 0 Å². The van der Waals surface area contributed by atoms with E-state index in [1.54, 1.807) is 12.1 Å². The third-order valence-corrected chi connectivity index (χ3v) is 4.59. The van der Waals surface area contributed by atoms with Crippen molar-refractivity contribution >= 4 is 43.2 Å². The summed E-state index contributed by atoms with van der Waals surface area (Å²) in [7, 11) is 0. The smallest absolute Gasteiger partial charge is 0.157 e. The lowest BCUT2D eigenvalue weighted by atomic mass is 9.98. The molecule has 0 radical (unpaired) electrons. The van der Waals surface area contributed by atoms with Crippen LogP contribution in [0.3, 0.4) is 0 Å². The van der Waals surface area contributed by atoms with Crippen LogP contribution in [-0.2, 0) is 4.74 Å². The van der Waals surface area contributed by atoms with Gasteiger partial charge in [0.25, 0.3) is 0 Å². The fraction of sp³-hybridized carbons (Fsp3) is 0.500. The van der Waals surface area contributed by atoms with Crippen LogP contribution in [0.25, 0.3) is 0 Å². The largest absolute Gasteiger partial charge is 0.397 e. The summed E-state index contributed by atoms with van der Waals surface area (Å²) in [5, 5.41) is 41.4. The maximum absolute atomic E-state index is 9.95. The van der Waals surface area contributed by atoms with E-state index < -0.39 is 37.3 Å². The lowest BCUT2D eigenvalue weighted by molar-refractivity contribution is -0.221. The highest BCUT2D eigenvalue weighted by atomic mass is 79.9. The minimum absolute atomic E-state index is 0.474. The Labute approximate surface area is 138 Å². The van der Waals surface area contributed by atoms with Crippen LogP contribution >= 0.6 is 31.9 Å². The number of nitrogen functional groups attached to an aromatic ring is 1. The first-order valence-electron chi connectivity index (χ1n) is 6.16. The van der Waals surface area contributed by atoms with Crippen LogP contribution in [0, 0.1) is 0 Å². The van der Waals surface area contributed by atoms with Gasteiger partial charge in [0, 0.05) is 14.6 Å². The van der Waals surface area contributed by atoms with E-state index in [-0.39, 0.29) is 0 Å². The summed E-state index contributed by atoms with van der Waals surface area (Å²) in [6, 6.07) is 3.36. The number of rotatable bonds is 3. The number of ether oxygens (including phenoxy) is 1. The van der Waals surface area contributed by atoms with Gasteiger partial charge in [-0.2, -0.15) is 0 Å². The molecule has 1 aromatic rings. The Morgan fingerprint density at radius 1 is 1.10 bits per heavy atom. The molecule has 0 aliphatic carbocycles. The summed E-state index contributed by atoms with van der Waals surface area (Å²) < 4.78 is 6.65. The monoisotopic (exact) mass is 426 g/mol. The Bertz CT molecular complexity index is 493. The fourth-order valence-electron chi connectivity index (χ4n) is 2.05. The molecule has 7 N–H and O–H groups in total. The average molecular weight is 428 g/mol. The average Bonchev–Trinajstić information content (AvgIpc) is 2.45. The van der Waals surface area contributed by atoms with Crippen LogP contribution in [0.2, 0.25) is 0 Å². The molecule has 2 rings (SSSR count). The first kappa shape index (κ1) is 16.9. The first-order valence-corrected chi connectivity index (χ1v) is 7.75. The van der Waals surface area contributed by atoms with Gasteiger partial charge in [0.1, 0.15) is 24.4 Å². The number of nitrogens with one attached hydrogen (secondary N) is 1. The molecule has 0 amide bonds. The molecular formula is C12H16Br2N2O5. The molecule has 0 unspecified atom stereocenters. The number of hydrogen-bond donors (Lipinski definition) is 6. The molecule has 1 fully saturated rings. The van der Waals surface area contributed by atoms with E-state index in [0.717, 1.165) is 0 Å². The summed E-state index contributed by atoms with van der Waals surface area (Å²) in [5.74, 6) is 0. The molecule has 118 valence electrons. The molecule has 9 heteroatoms. The van der Waals surface area contributed by atoms with Crippen molar-refractivity contribution in [3.8, 4) is 0 Å². The maximum Gasteiger partial charge on any atom is 0.157 e. The van der Waals surface area contributed by atoms with Gasteiger partial charge in [0.2, 0.25) is 0 Å². The van der Waals surface area contributed by atoms with Crippen molar-refractivity contribution in [1.82, 2.24) is 0 Å². The van der Waals surface area contributed by atoms with Gasteiger partial charge in [-0.3, -0.25) is 0 Å². The van der Waals surface area contributed by atoms with Crippen LogP contribution in [-0.4, -0.2) is 57.7 Å². The van der Waals surface area contributed by atoms with Gasteiger partial charge in [0.15, 0.2) is 6.23 Å². The number of halogens is 2. The second-order valence-electron chi connectivity index (χ2n) is 4.75. The van der Waals surface area contributed by atoms with Gasteiger partial charge < -0.3 is 36.2 Å². The molecular weight excluding hydrogens is 412 g/mol. The molecule has 21 heavy (non-hydrogen) atoms. The van der Waals surface area contributed by atoms with E-state index in [2.05, 4.69) is 37.2 Å². The zero-order valence-electron chi connectivity index (χ0n) is 10.8. The van der Waals surface area contributed by atoms with Crippen molar-refractivity contribution in [2.75, 3.05) is 17.7 Å². The Kier molecular flexibility index (Phi) is 5.47. The number of aliphatic hydroxyl groups excluding tert-OH is 4. The fourth-order valence-corrected chi connectivity index (χ4v) is 3.24. The summed E-state index contributed by atoms with van der Waals surface area (Å²) in [4.78, 5) is 0. The van der Waals surface area contributed by atoms with Gasteiger partial charge in [-0.15, -0.1) is 0 Å². The number of hydrogen-bond acceptors (Lipinski definition) is 7. The Morgan fingerprint density at radius 2 is 1.67 bits per heavy atom. The molecule has 0 bridgehead atoms. The van der Waals surface area contributed by atoms with E-state index in [0.29, 0.717) is 20.3 Å². The Balaban J connectivity index is 2.18. The molecule has 1 saturated heterocycles. The molecule has 7 nitrogen and oxygen atoms in total. The maximum atomic E-state index is 9.95. The van der Waals surface area contributed by atoms with Crippen LogP contribution in [0.5, 0.6) is 0 Å². The topological polar surface area (TPSA) is 128 Å². The second-order valence-corrected chi connectivity index (χ2v) is 6.46. The molecule has 1 heterocycles. The van der Waals surface area contributed by atoms with Gasteiger partial charge in [0.05, 0.1) is 12.3 Å². The molecule has 0 saturated carbocycles. The minimum atomic E-state index is -1.42. The highest BCUT2D eigenvalue weighted by Gasteiger charge is 2.43. The number of aliphatic hydroxyl groups is 4. The molecule has 1 aliphatic heterocycles. The predicted molar refractivity (Wildman–Crippen MR) is 83.6 cm³/mol. The third kappa shape index (κ3) is 3.50. The van der Waals surface area contributed by atoms with Crippen LogP contribution < -0.4 is 11.1 Å². The van der Waals surface area contributed by atoms with Crippen molar-refractivity contribution in [3.63, 3.8) is 0 Å². The van der Waals surface area contributed by atoms with Crippen LogP contribution in [0.15, 0.2) is 21.1 Å². The minimum Gasteiger partial charge on any atom is -0.397 e. The van der Waals surface area contributed by atoms with E-state index in [9.17, 15) is 15.3 Å². The highest BCUT2D eigenvalue weighted by Crippen LogP contribution is 2.33. The van der Waals surface area contributed by atoms with Crippen molar-refractivity contribution in [2.45, 2.75) is 30.6 Å². The highest BCUT2D eigenvalue weighted by molar-refractivity contribution is 9.11. The Hall–Kier alpha value is -0.420. The molecule has 0 aromatic heterocycles. The predicted octanol–water partition coefficient (Wildman–Crippen LogP) is 0.00560. The normalized spacial score (nSPS) is 33.0. The third-order valence-electron chi connectivity index (χ3n) is 3.28. The van der Waals surface area contributed by atoms with Crippen molar-refractivity contribution < 1.29 is 25.2 Å². The first-order chi connectivity index (χ1) is 9.85. The van der Waals surface area contributed by atoms with Crippen molar-refractivity contribution in [1.29, 1.82) is 0 Å². The summed E-state index contributed by atoms with van der Waals surface area (Å²) in [6.45, 7) is -0.474. The van der Waals surface area contributed by atoms with Gasteiger partial charge in [-0.05, 0) is 44.0 Å². The van der Waals surface area contributed by atoms with Crippen molar-refractivity contribution in [2.24, 2.45) is 0 Å². The second kappa shape index (κ2) is 6.78. The lowest BCUT2D eigenvalue weighted by Gasteiger charge is -2.40.